The third-order valence-corrected chi connectivity index (χ3v) is 6.10. The molecule has 0 spiro atoms. The quantitative estimate of drug-likeness (QED) is 0.208. The molecule has 9 heteroatoms. The molecule has 4 rings (SSSR count). The van der Waals surface area contributed by atoms with Gasteiger partial charge >= 0.3 is 0 Å². The van der Waals surface area contributed by atoms with E-state index in [4.69, 9.17) is 16.1 Å². The molecule has 1 fully saturated rings. The van der Waals surface area contributed by atoms with Crippen LogP contribution in [0.1, 0.15) is 25.3 Å². The summed E-state index contributed by atoms with van der Waals surface area (Å²) in [5, 5.41) is 14.7. The van der Waals surface area contributed by atoms with Gasteiger partial charge in [-0.25, -0.2) is 9.97 Å². The first-order chi connectivity index (χ1) is 16.4. The van der Waals surface area contributed by atoms with Gasteiger partial charge in [-0.15, -0.1) is 0 Å². The summed E-state index contributed by atoms with van der Waals surface area (Å²) < 4.78 is 0. The Bertz CT molecular complexity index is 1130. The zero-order valence-corrected chi connectivity index (χ0v) is 19.9. The van der Waals surface area contributed by atoms with Crippen molar-refractivity contribution < 1.29 is 4.79 Å². The Labute approximate surface area is 203 Å². The number of rotatable bonds is 9. The maximum absolute atomic E-state index is 12.3. The van der Waals surface area contributed by atoms with Crippen LogP contribution < -0.4 is 21.3 Å². The largest absolute Gasteiger partial charge is 0.356 e. The van der Waals surface area contributed by atoms with Gasteiger partial charge in [-0.1, -0.05) is 30.3 Å². The van der Waals surface area contributed by atoms with Gasteiger partial charge in [0, 0.05) is 42.2 Å². The normalized spacial score (nSPS) is 13.6. The zero-order chi connectivity index (χ0) is 23.9. The average Bonchev–Trinajstić information content (AvgIpc) is 2.74. The minimum atomic E-state index is -0.0998. The van der Waals surface area contributed by atoms with Crippen LogP contribution in [0.5, 0.6) is 0 Å². The Morgan fingerprint density at radius 3 is 2.50 bits per heavy atom. The second-order valence-electron chi connectivity index (χ2n) is 8.36. The monoisotopic (exact) mass is 475 g/mol. The van der Waals surface area contributed by atoms with Crippen molar-refractivity contribution in [2.75, 3.05) is 28.6 Å². The summed E-state index contributed by atoms with van der Waals surface area (Å²) in [6, 6.07) is 19.1. The number of amidine groups is 1. The van der Waals surface area contributed by atoms with Crippen LogP contribution in [0.4, 0.5) is 17.3 Å². The minimum absolute atomic E-state index is 0.0536. The van der Waals surface area contributed by atoms with Gasteiger partial charge in [0.05, 0.1) is 6.42 Å². The Morgan fingerprint density at radius 2 is 1.85 bits per heavy atom. The highest BCUT2D eigenvalue weighted by molar-refractivity contribution is 7.99. The second-order valence-corrected chi connectivity index (χ2v) is 9.40. The fourth-order valence-corrected chi connectivity index (χ4v) is 4.22. The molecule has 1 aliphatic rings. The minimum Gasteiger partial charge on any atom is -0.356 e. The Kier molecular flexibility index (Phi) is 7.76. The van der Waals surface area contributed by atoms with E-state index in [-0.39, 0.29) is 11.9 Å². The number of nitrogens with zero attached hydrogens (tertiary/aromatic N) is 3. The summed E-state index contributed by atoms with van der Waals surface area (Å²) in [5.74, 6) is 1.72. The lowest BCUT2D eigenvalue weighted by atomic mass is 10.1. The lowest BCUT2D eigenvalue weighted by Gasteiger charge is -2.32. The average molecular weight is 476 g/mol. The summed E-state index contributed by atoms with van der Waals surface area (Å²) in [4.78, 5) is 24.8. The summed E-state index contributed by atoms with van der Waals surface area (Å²) in [6.45, 7) is 3.81. The maximum atomic E-state index is 12.3. The standard InChI is InChI=1S/C25H29N7OS/c1-17(26)14-21(27)29-22-16-23(32-12-5-13-32)31-25(30-22)34-20-10-8-19(9-11-20)28-24(33)15-18-6-3-2-4-7-18/h2-4,6-11,16-17H,5,12-15,26H2,1H3,(H,28,33)(H2,27,29,30,31). The highest BCUT2D eigenvalue weighted by Crippen LogP contribution is 2.30. The van der Waals surface area contributed by atoms with E-state index in [0.29, 0.717) is 29.7 Å². The van der Waals surface area contributed by atoms with Gasteiger partial charge in [-0.05, 0) is 54.9 Å². The van der Waals surface area contributed by atoms with Gasteiger partial charge in [-0.2, -0.15) is 0 Å². The molecular formula is C25H29N7OS. The van der Waals surface area contributed by atoms with Gasteiger partial charge in [0.25, 0.3) is 0 Å². The highest BCUT2D eigenvalue weighted by atomic mass is 32.2. The van der Waals surface area contributed by atoms with Crippen molar-refractivity contribution in [3.8, 4) is 0 Å². The van der Waals surface area contributed by atoms with Crippen LogP contribution in [0.3, 0.4) is 0 Å². The Balaban J connectivity index is 1.42. The molecule has 0 radical (unpaired) electrons. The molecule has 1 aliphatic heterocycles. The van der Waals surface area contributed by atoms with Gasteiger partial charge < -0.3 is 21.3 Å². The fourth-order valence-electron chi connectivity index (χ4n) is 3.46. The molecule has 2 heterocycles. The number of amides is 1. The summed E-state index contributed by atoms with van der Waals surface area (Å²) >= 11 is 1.44. The number of hydrogen-bond acceptors (Lipinski definition) is 7. The lowest BCUT2D eigenvalue weighted by Crippen LogP contribution is -2.37. The smallest absolute Gasteiger partial charge is 0.228 e. The summed E-state index contributed by atoms with van der Waals surface area (Å²) in [7, 11) is 0. The SMILES string of the molecule is CC(N)CC(=N)Nc1cc(N2CCC2)nc(Sc2ccc(NC(=O)Cc3ccccc3)cc2)n1. The molecule has 0 aliphatic carbocycles. The first kappa shape index (κ1) is 23.7. The molecule has 8 nitrogen and oxygen atoms in total. The van der Waals surface area contributed by atoms with Gasteiger partial charge in [0.1, 0.15) is 17.5 Å². The van der Waals surface area contributed by atoms with E-state index >= 15 is 0 Å². The number of aromatic nitrogens is 2. The van der Waals surface area contributed by atoms with E-state index in [9.17, 15) is 4.79 Å². The number of nitrogens with two attached hydrogens (primary N) is 1. The molecule has 1 atom stereocenters. The molecule has 176 valence electrons. The predicted molar refractivity (Wildman–Crippen MR) is 138 cm³/mol. The molecule has 3 aromatic rings. The molecule has 1 unspecified atom stereocenters. The van der Waals surface area contributed by atoms with E-state index < -0.39 is 0 Å². The fraction of sp³-hybridized carbons (Fsp3) is 0.280. The third kappa shape index (κ3) is 6.79. The molecule has 1 aromatic heterocycles. The van der Waals surface area contributed by atoms with E-state index in [2.05, 4.69) is 20.5 Å². The van der Waals surface area contributed by atoms with E-state index in [1.54, 1.807) is 0 Å². The molecule has 5 N–H and O–H groups in total. The number of benzene rings is 2. The number of nitrogens with one attached hydrogen (secondary N) is 3. The first-order valence-electron chi connectivity index (χ1n) is 11.3. The van der Waals surface area contributed by atoms with Crippen molar-refractivity contribution >= 4 is 40.8 Å². The molecular weight excluding hydrogens is 446 g/mol. The molecule has 34 heavy (non-hydrogen) atoms. The van der Waals surface area contributed by atoms with Crippen molar-refractivity contribution in [1.29, 1.82) is 5.41 Å². The van der Waals surface area contributed by atoms with Crippen LogP contribution in [0.15, 0.2) is 70.7 Å². The number of carbonyl (C=O) groups excluding carboxylic acids is 1. The molecule has 2 aromatic carbocycles. The van der Waals surface area contributed by atoms with E-state index in [1.807, 2.05) is 67.6 Å². The lowest BCUT2D eigenvalue weighted by molar-refractivity contribution is -0.115. The van der Waals surface area contributed by atoms with Crippen molar-refractivity contribution in [3.05, 3.63) is 66.2 Å². The van der Waals surface area contributed by atoms with Gasteiger partial charge in [0.15, 0.2) is 5.16 Å². The number of carbonyl (C=O) groups is 1. The molecule has 0 bridgehead atoms. The van der Waals surface area contributed by atoms with Crippen molar-refractivity contribution in [2.45, 2.75) is 42.3 Å². The van der Waals surface area contributed by atoms with Crippen molar-refractivity contribution in [2.24, 2.45) is 5.73 Å². The van der Waals surface area contributed by atoms with E-state index in [0.717, 1.165) is 41.5 Å². The molecule has 1 saturated heterocycles. The van der Waals surface area contributed by atoms with Crippen LogP contribution in [0.2, 0.25) is 0 Å². The predicted octanol–water partition coefficient (Wildman–Crippen LogP) is 4.15. The van der Waals surface area contributed by atoms with Gasteiger partial charge in [0.2, 0.25) is 5.91 Å². The maximum Gasteiger partial charge on any atom is 0.228 e. The summed E-state index contributed by atoms with van der Waals surface area (Å²) in [5.41, 5.74) is 7.54. The second kappa shape index (κ2) is 11.1. The van der Waals surface area contributed by atoms with Crippen LogP contribution in [-0.2, 0) is 11.2 Å². The topological polar surface area (TPSA) is 120 Å². The molecule has 0 saturated carbocycles. The Morgan fingerprint density at radius 1 is 1.12 bits per heavy atom. The van der Waals surface area contributed by atoms with E-state index in [1.165, 1.54) is 11.8 Å². The molecule has 1 amide bonds. The van der Waals surface area contributed by atoms with Crippen LogP contribution in [0.25, 0.3) is 0 Å². The van der Waals surface area contributed by atoms with Crippen molar-refractivity contribution in [1.82, 2.24) is 9.97 Å². The highest BCUT2D eigenvalue weighted by Gasteiger charge is 2.18. The van der Waals surface area contributed by atoms with Gasteiger partial charge in [-0.3, -0.25) is 10.2 Å². The number of anilines is 3. The zero-order valence-electron chi connectivity index (χ0n) is 19.1. The van der Waals surface area contributed by atoms with Crippen LogP contribution >= 0.6 is 11.8 Å². The van der Waals surface area contributed by atoms with Crippen LogP contribution in [-0.4, -0.2) is 40.8 Å². The first-order valence-corrected chi connectivity index (χ1v) is 12.1. The van der Waals surface area contributed by atoms with Crippen molar-refractivity contribution in [3.63, 3.8) is 0 Å². The Hall–Kier alpha value is -3.43. The van der Waals surface area contributed by atoms with Crippen LogP contribution in [0, 0.1) is 5.41 Å². The summed E-state index contributed by atoms with van der Waals surface area (Å²) in [6.07, 6.45) is 1.93. The number of hydrogen-bond donors (Lipinski definition) is 4. The third-order valence-electron chi connectivity index (χ3n) is 5.23.